The Morgan fingerprint density at radius 3 is 1.80 bits per heavy atom. The van der Waals surface area contributed by atoms with Crippen molar-refractivity contribution in [2.45, 2.75) is 0 Å². The van der Waals surface area contributed by atoms with Gasteiger partial charge in [0.25, 0.3) is 0 Å². The summed E-state index contributed by atoms with van der Waals surface area (Å²) < 4.78 is 2.59. The van der Waals surface area contributed by atoms with Crippen LogP contribution in [0, 0.1) is 0 Å². The van der Waals surface area contributed by atoms with Gasteiger partial charge in [0.05, 0.1) is 11.4 Å². The van der Waals surface area contributed by atoms with Crippen LogP contribution in [0.2, 0.25) is 0 Å². The Balaban J connectivity index is 1.30. The molecule has 4 heteroatoms. The van der Waals surface area contributed by atoms with Gasteiger partial charge in [0.1, 0.15) is 0 Å². The van der Waals surface area contributed by atoms with Crippen LogP contribution < -0.4 is 0 Å². The molecule has 3 nitrogen and oxygen atoms in total. The second-order valence-electron chi connectivity index (χ2n) is 12.1. The van der Waals surface area contributed by atoms with Crippen LogP contribution in [0.15, 0.2) is 176 Å². The molecule has 0 amide bonds. The van der Waals surface area contributed by atoms with E-state index >= 15 is 0 Å². The Morgan fingerprint density at radius 1 is 0.367 bits per heavy atom. The monoisotopic (exact) mass is 643 g/mol. The fraction of sp³-hybridized carbons (Fsp3) is 0. The lowest BCUT2D eigenvalue weighted by atomic mass is 9.93. The molecule has 0 spiro atoms. The molecule has 9 rings (SSSR count). The topological polar surface area (TPSA) is 38.7 Å². The Labute approximate surface area is 288 Å². The van der Waals surface area contributed by atoms with E-state index in [0.29, 0.717) is 5.82 Å². The second-order valence-corrected chi connectivity index (χ2v) is 13.1. The van der Waals surface area contributed by atoms with E-state index in [9.17, 15) is 0 Å². The highest BCUT2D eigenvalue weighted by Crippen LogP contribution is 2.42. The third-order valence-electron chi connectivity index (χ3n) is 9.00. The summed E-state index contributed by atoms with van der Waals surface area (Å²) in [4.78, 5) is 14.7. The summed E-state index contributed by atoms with van der Waals surface area (Å²) in [6.45, 7) is 0. The summed E-state index contributed by atoms with van der Waals surface area (Å²) in [7, 11) is 0. The van der Waals surface area contributed by atoms with Gasteiger partial charge >= 0.3 is 0 Å². The van der Waals surface area contributed by atoms with E-state index < -0.39 is 0 Å². The van der Waals surface area contributed by atoms with E-state index in [1.807, 2.05) is 54.1 Å². The molecule has 9 aromatic rings. The summed E-state index contributed by atoms with van der Waals surface area (Å²) in [5.41, 5.74) is 11.7. The summed E-state index contributed by atoms with van der Waals surface area (Å²) in [5.74, 6) is 0.691. The molecular weight excluding hydrogens is 615 g/mol. The summed E-state index contributed by atoms with van der Waals surface area (Å²) in [6, 6.07) is 57.7. The van der Waals surface area contributed by atoms with Crippen LogP contribution in [0.25, 0.3) is 87.5 Å². The molecule has 3 heterocycles. The first kappa shape index (κ1) is 29.0. The minimum Gasteiger partial charge on any atom is -0.265 e. The van der Waals surface area contributed by atoms with Gasteiger partial charge in [-0.1, -0.05) is 121 Å². The molecule has 0 radical (unpaired) electrons. The molecule has 6 aromatic carbocycles. The number of thiophene rings is 1. The molecule has 0 saturated carbocycles. The number of hydrogen-bond donors (Lipinski definition) is 0. The van der Waals surface area contributed by atoms with Crippen LogP contribution in [-0.4, -0.2) is 15.0 Å². The molecule has 0 unspecified atom stereocenters. The number of aromatic nitrogens is 3. The number of fused-ring (bicyclic) bond motifs is 3. The average Bonchev–Trinajstić information content (AvgIpc) is 3.58. The average molecular weight is 644 g/mol. The van der Waals surface area contributed by atoms with Crippen LogP contribution in [-0.2, 0) is 0 Å². The van der Waals surface area contributed by atoms with Gasteiger partial charge in [-0.2, -0.15) is 0 Å². The first-order chi connectivity index (χ1) is 24.3. The molecule has 0 saturated heterocycles. The van der Waals surface area contributed by atoms with Crippen LogP contribution in [0.5, 0.6) is 0 Å². The normalized spacial score (nSPS) is 11.3. The molecule has 0 aliphatic rings. The van der Waals surface area contributed by atoms with Gasteiger partial charge < -0.3 is 0 Å². The lowest BCUT2D eigenvalue weighted by Gasteiger charge is -2.15. The number of benzene rings is 6. The minimum absolute atomic E-state index is 0.691. The number of rotatable bonds is 6. The van der Waals surface area contributed by atoms with Crippen LogP contribution in [0.4, 0.5) is 0 Å². The smallest absolute Gasteiger partial charge is 0.160 e. The number of nitrogens with zero attached hydrogens (tertiary/aromatic N) is 3. The molecule has 0 atom stereocenters. The summed E-state index contributed by atoms with van der Waals surface area (Å²) >= 11 is 1.86. The lowest BCUT2D eigenvalue weighted by Crippen LogP contribution is -1.97. The van der Waals surface area contributed by atoms with Gasteiger partial charge in [0.2, 0.25) is 0 Å². The van der Waals surface area contributed by atoms with Gasteiger partial charge in [0, 0.05) is 49.3 Å². The van der Waals surface area contributed by atoms with Crippen molar-refractivity contribution in [3.63, 3.8) is 0 Å². The third-order valence-corrected chi connectivity index (χ3v) is 10.2. The van der Waals surface area contributed by atoms with Crippen LogP contribution in [0.1, 0.15) is 0 Å². The highest BCUT2D eigenvalue weighted by atomic mass is 32.1. The van der Waals surface area contributed by atoms with Gasteiger partial charge in [-0.3, -0.25) is 4.98 Å². The van der Waals surface area contributed by atoms with Crippen LogP contribution in [0.3, 0.4) is 0 Å². The van der Waals surface area contributed by atoms with Gasteiger partial charge in [0.15, 0.2) is 5.82 Å². The predicted octanol–water partition coefficient (Wildman–Crippen LogP) is 12.2. The highest BCUT2D eigenvalue weighted by molar-refractivity contribution is 7.26. The Bertz CT molecular complexity index is 2590. The zero-order valence-corrected chi connectivity index (χ0v) is 27.3. The van der Waals surface area contributed by atoms with Crippen molar-refractivity contribution in [1.82, 2.24) is 15.0 Å². The molecule has 3 aromatic heterocycles. The molecule has 0 aliphatic heterocycles. The second kappa shape index (κ2) is 12.4. The fourth-order valence-electron chi connectivity index (χ4n) is 6.64. The minimum atomic E-state index is 0.691. The maximum atomic E-state index is 5.25. The quantitative estimate of drug-likeness (QED) is 0.181. The first-order valence-corrected chi connectivity index (χ1v) is 17.2. The van der Waals surface area contributed by atoms with Crippen molar-refractivity contribution < 1.29 is 0 Å². The third kappa shape index (κ3) is 5.48. The molecular formula is C45H29N3S. The predicted molar refractivity (Wildman–Crippen MR) is 205 cm³/mol. The molecule has 0 fully saturated rings. The molecule has 230 valence electrons. The zero-order chi connectivity index (χ0) is 32.6. The SMILES string of the molecule is c1ccc(-c2cc(-c3cc(-c4ccccc4-c4ccncc4)nc(-c4ccccc4)n3)cc(-c3cccc4c3sc3ccccc34)c2)cc1. The highest BCUT2D eigenvalue weighted by Gasteiger charge is 2.17. The molecule has 0 aliphatic carbocycles. The van der Waals surface area contributed by atoms with Crippen molar-refractivity contribution >= 4 is 31.5 Å². The fourth-order valence-corrected chi connectivity index (χ4v) is 7.88. The largest absolute Gasteiger partial charge is 0.265 e. The van der Waals surface area contributed by atoms with Crippen molar-refractivity contribution in [3.8, 4) is 67.3 Å². The van der Waals surface area contributed by atoms with Gasteiger partial charge in [-0.15, -0.1) is 11.3 Å². The van der Waals surface area contributed by atoms with Gasteiger partial charge in [-0.25, -0.2) is 9.97 Å². The lowest BCUT2D eigenvalue weighted by molar-refractivity contribution is 1.18. The number of hydrogen-bond acceptors (Lipinski definition) is 4. The maximum Gasteiger partial charge on any atom is 0.160 e. The van der Waals surface area contributed by atoms with E-state index in [0.717, 1.165) is 55.9 Å². The van der Waals surface area contributed by atoms with Crippen LogP contribution >= 0.6 is 11.3 Å². The summed E-state index contributed by atoms with van der Waals surface area (Å²) in [5, 5.41) is 2.58. The maximum absolute atomic E-state index is 5.25. The Hall–Kier alpha value is -6.23. The molecule has 49 heavy (non-hydrogen) atoms. The zero-order valence-electron chi connectivity index (χ0n) is 26.5. The van der Waals surface area contributed by atoms with E-state index in [-0.39, 0.29) is 0 Å². The van der Waals surface area contributed by atoms with Crippen molar-refractivity contribution in [1.29, 1.82) is 0 Å². The van der Waals surface area contributed by atoms with Crippen molar-refractivity contribution in [2.75, 3.05) is 0 Å². The van der Waals surface area contributed by atoms with E-state index in [4.69, 9.17) is 9.97 Å². The van der Waals surface area contributed by atoms with Crippen molar-refractivity contribution in [2.24, 2.45) is 0 Å². The summed E-state index contributed by atoms with van der Waals surface area (Å²) in [6.07, 6.45) is 3.67. The van der Waals surface area contributed by atoms with Crippen molar-refractivity contribution in [3.05, 3.63) is 176 Å². The molecule has 0 bridgehead atoms. The number of pyridine rings is 1. The Kier molecular flexibility index (Phi) is 7.34. The van der Waals surface area contributed by atoms with E-state index in [1.165, 1.54) is 25.7 Å². The van der Waals surface area contributed by atoms with E-state index in [1.54, 1.807) is 0 Å². The van der Waals surface area contributed by atoms with E-state index in [2.05, 4.69) is 138 Å². The Morgan fingerprint density at radius 2 is 0.980 bits per heavy atom. The van der Waals surface area contributed by atoms with Gasteiger partial charge in [-0.05, 0) is 75.8 Å². The first-order valence-electron chi connectivity index (χ1n) is 16.3. The molecule has 0 N–H and O–H groups in total. The standard InChI is InChI=1S/C45H29N3S/c1-3-12-30(13-4-1)33-26-34(37-19-11-20-40-39-18-9-10-21-43(39)49-44(37)40)28-35(27-33)41-29-42(48-45(47-41)32-14-5-2-6-15-32)38-17-8-7-16-36(38)31-22-24-46-25-23-31/h1-29H.